The lowest BCUT2D eigenvalue weighted by molar-refractivity contribution is 0.161. The predicted octanol–water partition coefficient (Wildman–Crippen LogP) is 2.38. The normalized spacial score (nSPS) is 13.3. The molecule has 2 N–H and O–H groups in total. The molecule has 0 spiro atoms. The molecule has 0 aliphatic heterocycles. The Labute approximate surface area is 145 Å². The first kappa shape index (κ1) is 19.9. The van der Waals surface area contributed by atoms with Crippen LogP contribution in [0.4, 0.5) is 0 Å². The van der Waals surface area contributed by atoms with Crippen LogP contribution in [0, 0.1) is 0 Å². The van der Waals surface area contributed by atoms with Crippen molar-refractivity contribution in [3.05, 3.63) is 22.4 Å². The predicted molar refractivity (Wildman–Crippen MR) is 101 cm³/mol. The van der Waals surface area contributed by atoms with Crippen molar-refractivity contribution in [2.24, 2.45) is 4.99 Å². The summed E-state index contributed by atoms with van der Waals surface area (Å²) in [5, 5.41) is 8.86. The molecular formula is C17H32N4OS. The van der Waals surface area contributed by atoms with Crippen molar-refractivity contribution < 1.29 is 4.74 Å². The molecule has 0 aromatic carbocycles. The van der Waals surface area contributed by atoms with Crippen molar-refractivity contribution in [3.63, 3.8) is 0 Å². The number of nitrogens with one attached hydrogen (secondary N) is 2. The van der Waals surface area contributed by atoms with Crippen molar-refractivity contribution in [3.8, 4) is 0 Å². The smallest absolute Gasteiger partial charge is 0.191 e. The van der Waals surface area contributed by atoms with E-state index in [1.165, 1.54) is 4.88 Å². The summed E-state index contributed by atoms with van der Waals surface area (Å²) in [6.07, 6.45) is 1.09. The standard InChI is InChI=1S/C17H32N4OS/c1-5-18-17(19-9-7-10-21(3)11-12-22-4)20-14-15(2)16-8-6-13-23-16/h6,8,13,15H,5,7,9-12,14H2,1-4H3,(H2,18,19,20). The highest BCUT2D eigenvalue weighted by molar-refractivity contribution is 7.10. The fourth-order valence-electron chi connectivity index (χ4n) is 2.15. The average molecular weight is 341 g/mol. The first-order chi connectivity index (χ1) is 11.2. The van der Waals surface area contributed by atoms with Gasteiger partial charge in [0.25, 0.3) is 0 Å². The van der Waals surface area contributed by atoms with E-state index in [-0.39, 0.29) is 0 Å². The van der Waals surface area contributed by atoms with Crippen LogP contribution in [0.2, 0.25) is 0 Å². The van der Waals surface area contributed by atoms with Gasteiger partial charge in [-0.2, -0.15) is 0 Å². The SMILES string of the molecule is CCNC(=NCC(C)c1cccs1)NCCCN(C)CCOC. The van der Waals surface area contributed by atoms with E-state index < -0.39 is 0 Å². The molecule has 1 unspecified atom stereocenters. The van der Waals surface area contributed by atoms with E-state index in [9.17, 15) is 0 Å². The first-order valence-corrected chi connectivity index (χ1v) is 9.28. The molecule has 0 fully saturated rings. The van der Waals surface area contributed by atoms with Gasteiger partial charge in [-0.15, -0.1) is 11.3 Å². The molecule has 132 valence electrons. The minimum absolute atomic E-state index is 0.464. The maximum Gasteiger partial charge on any atom is 0.191 e. The van der Waals surface area contributed by atoms with Gasteiger partial charge in [0.1, 0.15) is 0 Å². The molecule has 0 radical (unpaired) electrons. The van der Waals surface area contributed by atoms with E-state index in [0.29, 0.717) is 5.92 Å². The average Bonchev–Trinajstić information content (AvgIpc) is 3.08. The third-order valence-corrected chi connectivity index (χ3v) is 4.69. The van der Waals surface area contributed by atoms with Crippen LogP contribution in [-0.2, 0) is 4.74 Å². The van der Waals surface area contributed by atoms with Crippen LogP contribution in [0.25, 0.3) is 0 Å². The number of guanidine groups is 1. The van der Waals surface area contributed by atoms with Gasteiger partial charge >= 0.3 is 0 Å². The van der Waals surface area contributed by atoms with Gasteiger partial charge in [0.15, 0.2) is 5.96 Å². The minimum Gasteiger partial charge on any atom is -0.383 e. The second-order valence-electron chi connectivity index (χ2n) is 5.71. The van der Waals surface area contributed by atoms with Gasteiger partial charge in [0.05, 0.1) is 13.2 Å². The first-order valence-electron chi connectivity index (χ1n) is 8.40. The number of methoxy groups -OCH3 is 1. The van der Waals surface area contributed by atoms with E-state index in [2.05, 4.69) is 53.9 Å². The molecule has 1 heterocycles. The molecule has 0 aliphatic rings. The van der Waals surface area contributed by atoms with Gasteiger partial charge in [-0.3, -0.25) is 4.99 Å². The molecule has 0 saturated heterocycles. The van der Waals surface area contributed by atoms with Crippen LogP contribution in [0.5, 0.6) is 0 Å². The number of likely N-dealkylation sites (N-methyl/N-ethyl adjacent to an activating group) is 1. The van der Waals surface area contributed by atoms with Gasteiger partial charge in [-0.1, -0.05) is 13.0 Å². The van der Waals surface area contributed by atoms with E-state index in [1.54, 1.807) is 18.4 Å². The molecule has 1 rings (SSSR count). The zero-order valence-corrected chi connectivity index (χ0v) is 15.8. The molecule has 1 aromatic heterocycles. The Balaban J connectivity index is 2.29. The highest BCUT2D eigenvalue weighted by Gasteiger charge is 2.06. The summed E-state index contributed by atoms with van der Waals surface area (Å²) in [5.74, 6) is 1.38. The highest BCUT2D eigenvalue weighted by Crippen LogP contribution is 2.20. The fourth-order valence-corrected chi connectivity index (χ4v) is 2.92. The topological polar surface area (TPSA) is 48.9 Å². The summed E-state index contributed by atoms with van der Waals surface area (Å²) in [4.78, 5) is 8.38. The van der Waals surface area contributed by atoms with Crippen LogP contribution in [-0.4, -0.2) is 64.3 Å². The van der Waals surface area contributed by atoms with Crippen LogP contribution in [0.3, 0.4) is 0 Å². The van der Waals surface area contributed by atoms with Crippen LogP contribution < -0.4 is 10.6 Å². The molecule has 0 amide bonds. The number of rotatable bonds is 11. The molecule has 23 heavy (non-hydrogen) atoms. The summed E-state index contributed by atoms with van der Waals surface area (Å²) in [5.41, 5.74) is 0. The van der Waals surface area contributed by atoms with E-state index in [0.717, 1.165) is 51.7 Å². The Morgan fingerprint density at radius 1 is 1.39 bits per heavy atom. The van der Waals surface area contributed by atoms with Crippen molar-refractivity contribution in [1.82, 2.24) is 15.5 Å². The van der Waals surface area contributed by atoms with E-state index in [4.69, 9.17) is 9.73 Å². The lowest BCUT2D eigenvalue weighted by Crippen LogP contribution is -2.39. The summed E-state index contributed by atoms with van der Waals surface area (Å²) in [6.45, 7) is 9.76. The van der Waals surface area contributed by atoms with Gasteiger partial charge < -0.3 is 20.3 Å². The van der Waals surface area contributed by atoms with E-state index >= 15 is 0 Å². The molecule has 0 bridgehead atoms. The lowest BCUT2D eigenvalue weighted by atomic mass is 10.1. The molecule has 0 saturated carbocycles. The number of thiophene rings is 1. The van der Waals surface area contributed by atoms with Gasteiger partial charge in [-0.05, 0) is 38.4 Å². The Kier molecular flexibility index (Phi) is 10.7. The van der Waals surface area contributed by atoms with Crippen LogP contribution >= 0.6 is 11.3 Å². The number of nitrogens with zero attached hydrogens (tertiary/aromatic N) is 2. The number of ether oxygens (including phenoxy) is 1. The van der Waals surface area contributed by atoms with Crippen molar-refractivity contribution in [2.45, 2.75) is 26.2 Å². The largest absolute Gasteiger partial charge is 0.383 e. The maximum absolute atomic E-state index is 5.09. The molecule has 1 atom stereocenters. The third-order valence-electron chi connectivity index (χ3n) is 3.58. The lowest BCUT2D eigenvalue weighted by Gasteiger charge is -2.17. The molecular weight excluding hydrogens is 308 g/mol. The Morgan fingerprint density at radius 3 is 2.87 bits per heavy atom. The molecule has 5 nitrogen and oxygen atoms in total. The monoisotopic (exact) mass is 340 g/mol. The summed E-state index contributed by atoms with van der Waals surface area (Å²) in [7, 11) is 3.87. The number of hydrogen-bond acceptors (Lipinski definition) is 4. The Morgan fingerprint density at radius 2 is 2.22 bits per heavy atom. The third kappa shape index (κ3) is 8.93. The molecule has 1 aromatic rings. The second-order valence-corrected chi connectivity index (χ2v) is 6.69. The maximum atomic E-state index is 5.09. The summed E-state index contributed by atoms with van der Waals surface area (Å²) >= 11 is 1.80. The zero-order chi connectivity index (χ0) is 16.9. The van der Waals surface area contributed by atoms with Crippen LogP contribution in [0.15, 0.2) is 22.5 Å². The quantitative estimate of drug-likeness (QED) is 0.369. The zero-order valence-electron chi connectivity index (χ0n) is 15.0. The number of hydrogen-bond donors (Lipinski definition) is 2. The van der Waals surface area contributed by atoms with Crippen molar-refractivity contribution >= 4 is 17.3 Å². The summed E-state index contributed by atoms with van der Waals surface area (Å²) < 4.78 is 5.09. The number of aliphatic imine (C=N–C) groups is 1. The highest BCUT2D eigenvalue weighted by atomic mass is 32.1. The summed E-state index contributed by atoms with van der Waals surface area (Å²) in [6, 6.07) is 4.28. The fraction of sp³-hybridized carbons (Fsp3) is 0.706. The van der Waals surface area contributed by atoms with Gasteiger partial charge in [-0.25, -0.2) is 0 Å². The minimum atomic E-state index is 0.464. The van der Waals surface area contributed by atoms with Crippen molar-refractivity contribution in [2.75, 3.05) is 53.5 Å². The molecule has 0 aliphatic carbocycles. The van der Waals surface area contributed by atoms with Crippen molar-refractivity contribution in [1.29, 1.82) is 0 Å². The Hall–Kier alpha value is -1.11. The second kappa shape index (κ2) is 12.3. The van der Waals surface area contributed by atoms with Crippen LogP contribution in [0.1, 0.15) is 31.1 Å². The van der Waals surface area contributed by atoms with Gasteiger partial charge in [0.2, 0.25) is 0 Å². The molecule has 6 heteroatoms. The van der Waals surface area contributed by atoms with Gasteiger partial charge in [0, 0.05) is 37.5 Å². The Bertz CT molecular complexity index is 422. The van der Waals surface area contributed by atoms with E-state index in [1.807, 2.05) is 0 Å².